The third-order valence-electron chi connectivity index (χ3n) is 5.77. The summed E-state index contributed by atoms with van der Waals surface area (Å²) in [5.41, 5.74) is 0. The number of carboxylic acid groups (broad SMARTS) is 1. The zero-order chi connectivity index (χ0) is 18.7. The number of rotatable bonds is 12. The lowest BCUT2D eigenvalue weighted by Crippen LogP contribution is -2.37. The van der Waals surface area contributed by atoms with Crippen LogP contribution in [0, 0.1) is 17.8 Å². The SMILES string of the molecule is CCCCCCCCC(OC(=O)C1CCCCC1C(=O)O)C(C)CC. The standard InChI is InChI=1S/C21H38O4/c1-4-6-7-8-9-10-15-19(16(3)5-2)25-21(24)18-14-12-11-13-17(18)20(22)23/h16-19H,4-15H2,1-3H3,(H,22,23). The van der Waals surface area contributed by atoms with Crippen LogP contribution in [0.1, 0.15) is 97.8 Å². The van der Waals surface area contributed by atoms with Gasteiger partial charge < -0.3 is 9.84 Å². The predicted molar refractivity (Wildman–Crippen MR) is 100 cm³/mol. The lowest BCUT2D eigenvalue weighted by Gasteiger charge is -2.30. The van der Waals surface area contributed by atoms with Gasteiger partial charge in [0, 0.05) is 0 Å². The summed E-state index contributed by atoms with van der Waals surface area (Å²) in [6, 6.07) is 0. The fraction of sp³-hybridized carbons (Fsp3) is 0.905. The molecule has 146 valence electrons. The van der Waals surface area contributed by atoms with Gasteiger partial charge in [0.05, 0.1) is 11.8 Å². The van der Waals surface area contributed by atoms with Gasteiger partial charge in [-0.3, -0.25) is 9.59 Å². The molecule has 0 aromatic heterocycles. The number of aliphatic carboxylic acids is 1. The van der Waals surface area contributed by atoms with Gasteiger partial charge in [-0.05, 0) is 31.6 Å². The predicted octanol–water partition coefficient (Wildman–Crippen LogP) is 5.59. The molecule has 0 amide bonds. The van der Waals surface area contributed by atoms with Gasteiger partial charge in [0.25, 0.3) is 0 Å². The molecule has 0 spiro atoms. The molecule has 0 heterocycles. The van der Waals surface area contributed by atoms with Gasteiger partial charge >= 0.3 is 11.9 Å². The summed E-state index contributed by atoms with van der Waals surface area (Å²) in [7, 11) is 0. The van der Waals surface area contributed by atoms with Crippen molar-refractivity contribution in [1.29, 1.82) is 0 Å². The zero-order valence-electron chi connectivity index (χ0n) is 16.5. The van der Waals surface area contributed by atoms with Crippen LogP contribution in [0.15, 0.2) is 0 Å². The maximum Gasteiger partial charge on any atom is 0.310 e. The summed E-state index contributed by atoms with van der Waals surface area (Å²) in [4.78, 5) is 24.1. The summed E-state index contributed by atoms with van der Waals surface area (Å²) in [6.07, 6.45) is 12.2. The van der Waals surface area contributed by atoms with Crippen LogP contribution in [0.5, 0.6) is 0 Å². The summed E-state index contributed by atoms with van der Waals surface area (Å²) >= 11 is 0. The van der Waals surface area contributed by atoms with E-state index in [0.29, 0.717) is 18.8 Å². The topological polar surface area (TPSA) is 63.6 Å². The first-order valence-electron chi connectivity index (χ1n) is 10.4. The van der Waals surface area contributed by atoms with Crippen LogP contribution in [0.25, 0.3) is 0 Å². The summed E-state index contributed by atoms with van der Waals surface area (Å²) in [5, 5.41) is 9.38. The number of hydrogen-bond donors (Lipinski definition) is 1. The molecule has 4 heteroatoms. The maximum absolute atomic E-state index is 12.6. The first-order valence-corrected chi connectivity index (χ1v) is 10.4. The molecule has 1 fully saturated rings. The molecule has 0 aromatic carbocycles. The molecular weight excluding hydrogens is 316 g/mol. The highest BCUT2D eigenvalue weighted by Gasteiger charge is 2.38. The minimum atomic E-state index is -0.849. The molecule has 4 nitrogen and oxygen atoms in total. The van der Waals surface area contributed by atoms with Gasteiger partial charge in [0.15, 0.2) is 0 Å². The molecular formula is C21H38O4. The Balaban J connectivity index is 2.52. The molecule has 1 N–H and O–H groups in total. The molecule has 0 aliphatic heterocycles. The second-order valence-electron chi connectivity index (χ2n) is 7.75. The van der Waals surface area contributed by atoms with Crippen molar-refractivity contribution in [2.24, 2.45) is 17.8 Å². The van der Waals surface area contributed by atoms with E-state index in [0.717, 1.165) is 32.1 Å². The van der Waals surface area contributed by atoms with Gasteiger partial charge in [0.1, 0.15) is 6.10 Å². The average molecular weight is 355 g/mol. The molecule has 1 aliphatic carbocycles. The molecule has 1 saturated carbocycles. The highest BCUT2D eigenvalue weighted by molar-refractivity contribution is 5.81. The number of carbonyl (C=O) groups excluding carboxylic acids is 1. The minimum absolute atomic E-state index is 0.0694. The van der Waals surface area contributed by atoms with E-state index in [1.807, 2.05) is 0 Å². The normalized spacial score (nSPS) is 23.0. The Bertz CT molecular complexity index is 393. The fourth-order valence-corrected chi connectivity index (χ4v) is 3.79. The van der Waals surface area contributed by atoms with E-state index in [9.17, 15) is 14.7 Å². The van der Waals surface area contributed by atoms with Crippen molar-refractivity contribution >= 4 is 11.9 Å². The van der Waals surface area contributed by atoms with Gasteiger partial charge in [-0.15, -0.1) is 0 Å². The van der Waals surface area contributed by atoms with Crippen LogP contribution in [-0.4, -0.2) is 23.1 Å². The smallest absolute Gasteiger partial charge is 0.310 e. The van der Waals surface area contributed by atoms with Crippen molar-refractivity contribution in [3.8, 4) is 0 Å². The molecule has 4 unspecified atom stereocenters. The van der Waals surface area contributed by atoms with Crippen molar-refractivity contribution in [1.82, 2.24) is 0 Å². The molecule has 1 rings (SSSR count). The zero-order valence-corrected chi connectivity index (χ0v) is 16.5. The lowest BCUT2D eigenvalue weighted by atomic mass is 9.79. The van der Waals surface area contributed by atoms with E-state index in [1.165, 1.54) is 32.1 Å². The number of unbranched alkanes of at least 4 members (excludes halogenated alkanes) is 5. The monoisotopic (exact) mass is 354 g/mol. The maximum atomic E-state index is 12.6. The molecule has 1 aliphatic rings. The third-order valence-corrected chi connectivity index (χ3v) is 5.77. The van der Waals surface area contributed by atoms with Crippen LogP contribution in [0.2, 0.25) is 0 Å². The number of hydrogen-bond acceptors (Lipinski definition) is 3. The highest BCUT2D eigenvalue weighted by Crippen LogP contribution is 2.32. The van der Waals surface area contributed by atoms with E-state index in [1.54, 1.807) is 0 Å². The lowest BCUT2D eigenvalue weighted by molar-refractivity contribution is -0.166. The van der Waals surface area contributed by atoms with E-state index >= 15 is 0 Å². The quantitative estimate of drug-likeness (QED) is 0.367. The van der Waals surface area contributed by atoms with Gasteiger partial charge in [-0.2, -0.15) is 0 Å². The van der Waals surface area contributed by atoms with Crippen LogP contribution in [0.4, 0.5) is 0 Å². The van der Waals surface area contributed by atoms with Crippen molar-refractivity contribution in [2.45, 2.75) is 104 Å². The van der Waals surface area contributed by atoms with Gasteiger partial charge in [0.2, 0.25) is 0 Å². The Morgan fingerprint density at radius 2 is 1.60 bits per heavy atom. The van der Waals surface area contributed by atoms with Crippen LogP contribution < -0.4 is 0 Å². The molecule has 0 saturated heterocycles. The van der Waals surface area contributed by atoms with Gasteiger partial charge in [-0.25, -0.2) is 0 Å². The van der Waals surface area contributed by atoms with E-state index < -0.39 is 17.8 Å². The highest BCUT2D eigenvalue weighted by atomic mass is 16.5. The van der Waals surface area contributed by atoms with Crippen LogP contribution >= 0.6 is 0 Å². The number of carboxylic acids is 1. The number of carbonyl (C=O) groups is 2. The van der Waals surface area contributed by atoms with E-state index in [2.05, 4.69) is 20.8 Å². The Kier molecular flexibility index (Phi) is 10.8. The van der Waals surface area contributed by atoms with Crippen LogP contribution in [-0.2, 0) is 14.3 Å². The number of ether oxygens (including phenoxy) is 1. The average Bonchev–Trinajstić information content (AvgIpc) is 2.62. The van der Waals surface area contributed by atoms with Crippen molar-refractivity contribution in [3.05, 3.63) is 0 Å². The first-order chi connectivity index (χ1) is 12.0. The largest absolute Gasteiger partial charge is 0.481 e. The molecule has 0 aromatic rings. The summed E-state index contributed by atoms with van der Waals surface area (Å²) in [5.74, 6) is -1.82. The fourth-order valence-electron chi connectivity index (χ4n) is 3.79. The van der Waals surface area contributed by atoms with Crippen molar-refractivity contribution in [3.63, 3.8) is 0 Å². The Labute approximate surface area is 153 Å². The van der Waals surface area contributed by atoms with Crippen molar-refractivity contribution < 1.29 is 19.4 Å². The summed E-state index contributed by atoms with van der Waals surface area (Å²) in [6.45, 7) is 6.46. The molecule has 25 heavy (non-hydrogen) atoms. The van der Waals surface area contributed by atoms with Crippen molar-refractivity contribution in [2.75, 3.05) is 0 Å². The van der Waals surface area contributed by atoms with E-state index in [4.69, 9.17) is 4.74 Å². The minimum Gasteiger partial charge on any atom is -0.481 e. The second-order valence-corrected chi connectivity index (χ2v) is 7.75. The Morgan fingerprint density at radius 3 is 2.20 bits per heavy atom. The number of esters is 1. The Hall–Kier alpha value is -1.06. The molecule has 0 radical (unpaired) electrons. The molecule has 0 bridgehead atoms. The van der Waals surface area contributed by atoms with Crippen LogP contribution in [0.3, 0.4) is 0 Å². The first kappa shape index (κ1) is 22.0. The Morgan fingerprint density at radius 1 is 1.00 bits per heavy atom. The third kappa shape index (κ3) is 7.79. The van der Waals surface area contributed by atoms with Gasteiger partial charge in [-0.1, -0.05) is 72.1 Å². The summed E-state index contributed by atoms with van der Waals surface area (Å²) < 4.78 is 5.85. The van der Waals surface area contributed by atoms with E-state index in [-0.39, 0.29) is 12.1 Å². The second kappa shape index (κ2) is 12.3. The molecule has 4 atom stereocenters.